The van der Waals surface area contributed by atoms with Crippen LogP contribution in [-0.2, 0) is 16.6 Å². The first kappa shape index (κ1) is 19.8. The van der Waals surface area contributed by atoms with Crippen molar-refractivity contribution >= 4 is 39.1 Å². The van der Waals surface area contributed by atoms with E-state index >= 15 is 0 Å². The summed E-state index contributed by atoms with van der Waals surface area (Å²) in [5.41, 5.74) is 2.06. The van der Waals surface area contributed by atoms with Crippen LogP contribution in [-0.4, -0.2) is 34.6 Å². The Bertz CT molecular complexity index is 1120. The van der Waals surface area contributed by atoms with Crippen LogP contribution in [0.2, 0.25) is 0 Å². The van der Waals surface area contributed by atoms with E-state index in [0.29, 0.717) is 22.3 Å². The van der Waals surface area contributed by atoms with Gasteiger partial charge in [-0.2, -0.15) is 0 Å². The van der Waals surface area contributed by atoms with Gasteiger partial charge in [-0.25, -0.2) is 9.78 Å². The maximum Gasteiger partial charge on any atom is 0.349 e. The van der Waals surface area contributed by atoms with E-state index in [4.69, 9.17) is 4.74 Å². The van der Waals surface area contributed by atoms with Gasteiger partial charge in [-0.05, 0) is 38.0 Å². The number of esters is 1. The second kappa shape index (κ2) is 7.93. The number of carbonyl (C=O) groups is 2. The minimum absolute atomic E-state index is 0.217. The number of fused-ring (bicyclic) bond motifs is 1. The summed E-state index contributed by atoms with van der Waals surface area (Å²) in [6.07, 6.45) is 1.42. The normalized spacial score (nSPS) is 10.9. The molecular formula is C20H21N3O4S. The number of anilines is 1. The van der Waals surface area contributed by atoms with Crippen molar-refractivity contribution in [3.8, 4) is 0 Å². The van der Waals surface area contributed by atoms with E-state index in [9.17, 15) is 14.4 Å². The number of ether oxygens (including phenoxy) is 1. The maximum absolute atomic E-state index is 12.6. The van der Waals surface area contributed by atoms with Crippen molar-refractivity contribution in [1.29, 1.82) is 0 Å². The molecule has 0 saturated heterocycles. The summed E-state index contributed by atoms with van der Waals surface area (Å²) in [6.45, 7) is 5.56. The lowest BCUT2D eigenvalue weighted by Gasteiger charge is -2.22. The van der Waals surface area contributed by atoms with Crippen molar-refractivity contribution in [3.63, 3.8) is 0 Å². The van der Waals surface area contributed by atoms with Crippen LogP contribution in [0.3, 0.4) is 0 Å². The monoisotopic (exact) mass is 399 g/mol. The van der Waals surface area contributed by atoms with Gasteiger partial charge < -0.3 is 14.2 Å². The lowest BCUT2D eigenvalue weighted by Crippen LogP contribution is -2.35. The topological polar surface area (TPSA) is 81.5 Å². The molecule has 3 aromatic rings. The van der Waals surface area contributed by atoms with Gasteiger partial charge >= 0.3 is 5.97 Å². The van der Waals surface area contributed by atoms with Gasteiger partial charge in [-0.15, -0.1) is 11.3 Å². The molecule has 0 atom stereocenters. The van der Waals surface area contributed by atoms with E-state index in [2.05, 4.69) is 4.98 Å². The molecule has 0 radical (unpaired) electrons. The number of nitrogens with zero attached hydrogens (tertiary/aromatic N) is 3. The van der Waals surface area contributed by atoms with Gasteiger partial charge in [-0.3, -0.25) is 9.59 Å². The largest absolute Gasteiger partial charge is 0.451 e. The van der Waals surface area contributed by atoms with Crippen molar-refractivity contribution in [2.75, 3.05) is 18.1 Å². The molecule has 0 N–H and O–H groups in total. The number of hydrogen-bond donors (Lipinski definition) is 0. The second-order valence-electron chi connectivity index (χ2n) is 6.40. The number of amides is 1. The minimum Gasteiger partial charge on any atom is -0.451 e. The van der Waals surface area contributed by atoms with Crippen molar-refractivity contribution in [2.45, 2.75) is 20.8 Å². The Labute approximate surface area is 166 Å². The van der Waals surface area contributed by atoms with Crippen molar-refractivity contribution in [3.05, 3.63) is 57.0 Å². The predicted molar refractivity (Wildman–Crippen MR) is 109 cm³/mol. The molecule has 0 unspecified atom stereocenters. The average Bonchev–Trinajstić information content (AvgIpc) is 3.02. The molecule has 3 rings (SSSR count). The molecule has 28 heavy (non-hydrogen) atoms. The molecule has 7 nitrogen and oxygen atoms in total. The molecular weight excluding hydrogens is 378 g/mol. The number of rotatable bonds is 5. The third-order valence-electron chi connectivity index (χ3n) is 4.55. The van der Waals surface area contributed by atoms with Crippen molar-refractivity contribution in [2.24, 2.45) is 7.05 Å². The summed E-state index contributed by atoms with van der Waals surface area (Å²) in [4.78, 5) is 44.0. The fourth-order valence-corrected chi connectivity index (χ4v) is 4.05. The van der Waals surface area contributed by atoms with Gasteiger partial charge in [0.15, 0.2) is 6.61 Å². The molecule has 0 fully saturated rings. The lowest BCUT2D eigenvalue weighted by molar-refractivity contribution is -0.121. The Hall–Kier alpha value is -3.00. The van der Waals surface area contributed by atoms with Crippen LogP contribution in [0.1, 0.15) is 27.7 Å². The Kier molecular flexibility index (Phi) is 5.60. The zero-order valence-corrected chi connectivity index (χ0v) is 17.0. The lowest BCUT2D eigenvalue weighted by atomic mass is 10.2. The van der Waals surface area contributed by atoms with Crippen LogP contribution >= 0.6 is 11.3 Å². The van der Waals surface area contributed by atoms with Gasteiger partial charge in [0.1, 0.15) is 9.71 Å². The molecule has 1 aromatic carbocycles. The Morgan fingerprint density at radius 2 is 1.96 bits per heavy atom. The molecule has 0 spiro atoms. The van der Waals surface area contributed by atoms with Crippen LogP contribution in [0.4, 0.5) is 5.69 Å². The van der Waals surface area contributed by atoms with Gasteiger partial charge in [0.25, 0.3) is 11.5 Å². The molecule has 2 aromatic heterocycles. The Morgan fingerprint density at radius 3 is 2.64 bits per heavy atom. The molecule has 146 valence electrons. The predicted octanol–water partition coefficient (Wildman–Crippen LogP) is 2.82. The van der Waals surface area contributed by atoms with Gasteiger partial charge in [0, 0.05) is 19.3 Å². The number of benzene rings is 1. The quantitative estimate of drug-likeness (QED) is 0.616. The van der Waals surface area contributed by atoms with Crippen molar-refractivity contribution < 1.29 is 14.3 Å². The molecule has 0 bridgehead atoms. The van der Waals surface area contributed by atoms with Gasteiger partial charge in [0.05, 0.1) is 11.7 Å². The molecule has 0 saturated carbocycles. The third-order valence-corrected chi connectivity index (χ3v) is 5.73. The van der Waals surface area contributed by atoms with Gasteiger partial charge in [-0.1, -0.05) is 18.2 Å². The maximum atomic E-state index is 12.6. The Balaban J connectivity index is 1.79. The third kappa shape index (κ3) is 3.55. The number of aromatic nitrogens is 2. The summed E-state index contributed by atoms with van der Waals surface area (Å²) in [6, 6.07) is 7.54. The highest BCUT2D eigenvalue weighted by atomic mass is 32.1. The number of thiophene rings is 1. The van der Waals surface area contributed by atoms with E-state index in [1.165, 1.54) is 10.9 Å². The highest BCUT2D eigenvalue weighted by molar-refractivity contribution is 7.20. The standard InChI is InChI=1S/C20H21N3O4S/c1-5-23(14-9-7-6-8-12(14)2)15(24)10-27-20(26)17-13(3)16-18(28-17)21-11-22(4)19(16)25/h6-9,11H,5,10H2,1-4H3. The average molecular weight is 399 g/mol. The summed E-state index contributed by atoms with van der Waals surface area (Å²) in [5, 5.41) is 0.406. The zero-order valence-electron chi connectivity index (χ0n) is 16.2. The van der Waals surface area contributed by atoms with Crippen LogP contribution in [0.5, 0.6) is 0 Å². The summed E-state index contributed by atoms with van der Waals surface area (Å²) < 4.78 is 6.62. The molecule has 2 heterocycles. The van der Waals surface area contributed by atoms with E-state index in [1.807, 2.05) is 38.1 Å². The highest BCUT2D eigenvalue weighted by Gasteiger charge is 2.22. The SMILES string of the molecule is CCN(C(=O)COC(=O)c1sc2ncn(C)c(=O)c2c1C)c1ccccc1C. The first-order chi connectivity index (χ1) is 13.3. The smallest absolute Gasteiger partial charge is 0.349 e. The second-order valence-corrected chi connectivity index (χ2v) is 7.40. The number of aryl methyl sites for hydroxylation is 3. The minimum atomic E-state index is -0.628. The first-order valence-electron chi connectivity index (χ1n) is 8.83. The van der Waals surface area contributed by atoms with Gasteiger partial charge in [0.2, 0.25) is 0 Å². The summed E-state index contributed by atoms with van der Waals surface area (Å²) >= 11 is 1.10. The van der Waals surface area contributed by atoms with Crippen LogP contribution in [0.25, 0.3) is 10.2 Å². The van der Waals surface area contributed by atoms with E-state index < -0.39 is 5.97 Å². The number of likely N-dealkylation sites (N-methyl/N-ethyl adjacent to an activating group) is 1. The van der Waals surface area contributed by atoms with E-state index in [-0.39, 0.29) is 23.0 Å². The fourth-order valence-electron chi connectivity index (χ4n) is 3.02. The van der Waals surface area contributed by atoms with E-state index in [0.717, 1.165) is 22.6 Å². The number of carbonyl (C=O) groups excluding carboxylic acids is 2. The fraction of sp³-hybridized carbons (Fsp3) is 0.300. The van der Waals surface area contributed by atoms with E-state index in [1.54, 1.807) is 18.9 Å². The van der Waals surface area contributed by atoms with Crippen molar-refractivity contribution in [1.82, 2.24) is 9.55 Å². The number of hydrogen-bond acceptors (Lipinski definition) is 6. The Morgan fingerprint density at radius 1 is 1.25 bits per heavy atom. The summed E-state index contributed by atoms with van der Waals surface area (Å²) in [5.74, 6) is -0.935. The highest BCUT2D eigenvalue weighted by Crippen LogP contribution is 2.27. The molecule has 0 aliphatic carbocycles. The van der Waals surface area contributed by atoms with Crippen LogP contribution < -0.4 is 10.5 Å². The molecule has 1 amide bonds. The summed E-state index contributed by atoms with van der Waals surface area (Å²) in [7, 11) is 1.60. The first-order valence-corrected chi connectivity index (χ1v) is 9.64. The van der Waals surface area contributed by atoms with Crippen LogP contribution in [0.15, 0.2) is 35.4 Å². The molecule has 0 aliphatic rings. The zero-order chi connectivity index (χ0) is 20.4. The number of para-hydroxylation sites is 1. The van der Waals surface area contributed by atoms with Crippen LogP contribution in [0, 0.1) is 13.8 Å². The molecule has 8 heteroatoms. The molecule has 0 aliphatic heterocycles.